The van der Waals surface area contributed by atoms with Gasteiger partial charge in [-0.25, -0.2) is 13.2 Å². The van der Waals surface area contributed by atoms with Crippen molar-refractivity contribution in [3.8, 4) is 0 Å². The maximum absolute atomic E-state index is 13.4. The maximum atomic E-state index is 13.4. The Balaban J connectivity index is 2.13. The van der Waals surface area contributed by atoms with Gasteiger partial charge < -0.3 is 0 Å². The highest BCUT2D eigenvalue weighted by atomic mass is 127. The summed E-state index contributed by atoms with van der Waals surface area (Å²) in [5.41, 5.74) is 4.32. The summed E-state index contributed by atoms with van der Waals surface area (Å²) in [6, 6.07) is 6.31. The minimum Gasteiger partial charge on any atom is -0.295 e. The molecule has 2 aromatic carbocycles. The fraction of sp³-hybridized carbons (Fsp3) is 0. The molecule has 0 aromatic heterocycles. The fourth-order valence-electron chi connectivity index (χ4n) is 1.49. The molecule has 0 aliphatic carbocycles. The number of carbonyl (C=O) groups is 1. The van der Waals surface area contributed by atoms with Crippen LogP contribution in [0.3, 0.4) is 0 Å². The van der Waals surface area contributed by atoms with Gasteiger partial charge in [-0.2, -0.15) is 0 Å². The second-order valence-electron chi connectivity index (χ2n) is 3.93. The van der Waals surface area contributed by atoms with E-state index in [0.29, 0.717) is 14.2 Å². The highest BCUT2D eigenvalue weighted by Crippen LogP contribution is 2.20. The Hall–Kier alpha value is -1.48. The minimum atomic E-state index is -1.62. The van der Waals surface area contributed by atoms with Crippen LogP contribution in [0.2, 0.25) is 5.02 Å². The number of hydrogen-bond acceptors (Lipinski definition) is 2. The molecular formula is C13H7ClF3IN2O. The van der Waals surface area contributed by atoms with E-state index in [-0.39, 0.29) is 5.69 Å². The van der Waals surface area contributed by atoms with Crippen molar-refractivity contribution in [2.45, 2.75) is 0 Å². The van der Waals surface area contributed by atoms with E-state index in [0.717, 1.165) is 12.1 Å². The number of nitrogens with one attached hydrogen (secondary N) is 2. The lowest BCUT2D eigenvalue weighted by molar-refractivity contribution is 0.0961. The number of hydrazine groups is 1. The van der Waals surface area contributed by atoms with E-state index in [4.69, 9.17) is 11.6 Å². The number of rotatable bonds is 3. The third-order valence-corrected chi connectivity index (χ3v) is 3.65. The van der Waals surface area contributed by atoms with Crippen LogP contribution in [-0.2, 0) is 0 Å². The smallest absolute Gasteiger partial charge is 0.270 e. The van der Waals surface area contributed by atoms with Crippen LogP contribution in [0.25, 0.3) is 0 Å². The predicted molar refractivity (Wildman–Crippen MR) is 81.6 cm³/mol. The molecule has 0 radical (unpaired) electrons. The molecule has 2 rings (SSSR count). The van der Waals surface area contributed by atoms with Gasteiger partial charge in [0.2, 0.25) is 0 Å². The summed E-state index contributed by atoms with van der Waals surface area (Å²) >= 11 is 7.68. The summed E-state index contributed by atoms with van der Waals surface area (Å²) in [6.07, 6.45) is 0. The first kappa shape index (κ1) is 15.9. The van der Waals surface area contributed by atoms with Crippen molar-refractivity contribution >= 4 is 45.8 Å². The SMILES string of the molecule is O=C(NNc1ccc(F)c(F)c1F)c1ccc(Cl)cc1I. The summed E-state index contributed by atoms with van der Waals surface area (Å²) in [4.78, 5) is 11.9. The van der Waals surface area contributed by atoms with Crippen molar-refractivity contribution in [3.05, 3.63) is 61.9 Å². The number of halogens is 5. The zero-order valence-corrected chi connectivity index (χ0v) is 13.1. The number of anilines is 1. The maximum Gasteiger partial charge on any atom is 0.270 e. The van der Waals surface area contributed by atoms with Gasteiger partial charge in [-0.3, -0.25) is 15.6 Å². The quantitative estimate of drug-likeness (QED) is 0.440. The van der Waals surface area contributed by atoms with Crippen molar-refractivity contribution in [3.63, 3.8) is 0 Å². The van der Waals surface area contributed by atoms with Crippen LogP contribution in [-0.4, -0.2) is 5.91 Å². The Morgan fingerprint density at radius 1 is 1.10 bits per heavy atom. The van der Waals surface area contributed by atoms with Crippen molar-refractivity contribution in [2.24, 2.45) is 0 Å². The standard InChI is InChI=1S/C13H7ClF3IN2O/c14-6-1-2-7(9(18)5-6)13(21)20-19-10-4-3-8(15)11(16)12(10)17/h1-5,19H,(H,20,21). The molecule has 0 atom stereocenters. The van der Waals surface area contributed by atoms with Crippen molar-refractivity contribution < 1.29 is 18.0 Å². The molecule has 8 heteroatoms. The molecule has 0 heterocycles. The molecule has 21 heavy (non-hydrogen) atoms. The molecular weight excluding hydrogens is 420 g/mol. The Labute approximate surface area is 136 Å². The largest absolute Gasteiger partial charge is 0.295 e. The molecule has 3 nitrogen and oxygen atoms in total. The lowest BCUT2D eigenvalue weighted by Crippen LogP contribution is -2.30. The van der Waals surface area contributed by atoms with E-state index >= 15 is 0 Å². The van der Waals surface area contributed by atoms with Gasteiger partial charge in [0, 0.05) is 8.59 Å². The van der Waals surface area contributed by atoms with E-state index < -0.39 is 23.4 Å². The lowest BCUT2D eigenvalue weighted by Gasteiger charge is -2.11. The van der Waals surface area contributed by atoms with Crippen LogP contribution in [0.15, 0.2) is 30.3 Å². The van der Waals surface area contributed by atoms with E-state index in [1.807, 2.05) is 22.6 Å². The normalized spacial score (nSPS) is 10.3. The zero-order valence-electron chi connectivity index (χ0n) is 10.2. The molecule has 0 fully saturated rings. The van der Waals surface area contributed by atoms with Crippen LogP contribution >= 0.6 is 34.2 Å². The average Bonchev–Trinajstić information content (AvgIpc) is 2.44. The third kappa shape index (κ3) is 3.59. The summed E-state index contributed by atoms with van der Waals surface area (Å²) in [7, 11) is 0. The van der Waals surface area contributed by atoms with E-state index in [1.165, 1.54) is 12.1 Å². The molecule has 0 aliphatic heterocycles. The van der Waals surface area contributed by atoms with Gasteiger partial charge in [-0.1, -0.05) is 11.6 Å². The molecule has 1 amide bonds. The van der Waals surface area contributed by atoms with Gasteiger partial charge in [0.15, 0.2) is 17.5 Å². The fourth-order valence-corrected chi connectivity index (χ4v) is 2.60. The number of carbonyl (C=O) groups excluding carboxylic acids is 1. The first-order chi connectivity index (χ1) is 9.90. The summed E-state index contributed by atoms with van der Waals surface area (Å²) in [5, 5.41) is 0.468. The van der Waals surface area contributed by atoms with Crippen LogP contribution < -0.4 is 10.9 Å². The second-order valence-corrected chi connectivity index (χ2v) is 5.52. The molecule has 2 aromatic rings. The van der Waals surface area contributed by atoms with E-state index in [1.54, 1.807) is 6.07 Å². The average molecular weight is 427 g/mol. The Morgan fingerprint density at radius 2 is 1.81 bits per heavy atom. The predicted octanol–water partition coefficient (Wildman–Crippen LogP) is 4.12. The van der Waals surface area contributed by atoms with E-state index in [2.05, 4.69) is 10.9 Å². The van der Waals surface area contributed by atoms with E-state index in [9.17, 15) is 18.0 Å². The monoisotopic (exact) mass is 426 g/mol. The molecule has 110 valence electrons. The number of benzene rings is 2. The van der Waals surface area contributed by atoms with Gasteiger partial charge >= 0.3 is 0 Å². The van der Waals surface area contributed by atoms with Crippen LogP contribution in [0, 0.1) is 21.0 Å². The van der Waals surface area contributed by atoms with Crippen LogP contribution in [0.5, 0.6) is 0 Å². The molecule has 0 saturated carbocycles. The molecule has 0 spiro atoms. The molecule has 0 aliphatic rings. The van der Waals surface area contributed by atoms with Crippen molar-refractivity contribution in [1.29, 1.82) is 0 Å². The summed E-state index contributed by atoms with van der Waals surface area (Å²) in [5.74, 6) is -4.91. The van der Waals surface area contributed by atoms with Gasteiger partial charge in [0.1, 0.15) is 0 Å². The molecule has 0 saturated heterocycles. The van der Waals surface area contributed by atoms with Crippen molar-refractivity contribution in [2.75, 3.05) is 5.43 Å². The highest BCUT2D eigenvalue weighted by Gasteiger charge is 2.15. The first-order valence-corrected chi connectivity index (χ1v) is 7.00. The molecule has 2 N–H and O–H groups in total. The summed E-state index contributed by atoms with van der Waals surface area (Å²) < 4.78 is 39.8. The Bertz CT molecular complexity index is 712. The molecule has 0 bridgehead atoms. The van der Waals surface area contributed by atoms with Gasteiger partial charge in [0.05, 0.1) is 11.3 Å². The highest BCUT2D eigenvalue weighted by molar-refractivity contribution is 14.1. The third-order valence-electron chi connectivity index (χ3n) is 2.52. The first-order valence-electron chi connectivity index (χ1n) is 5.55. The minimum absolute atomic E-state index is 0.301. The Kier molecular flexibility index (Phi) is 4.94. The Morgan fingerprint density at radius 3 is 2.48 bits per heavy atom. The lowest BCUT2D eigenvalue weighted by atomic mass is 10.2. The van der Waals surface area contributed by atoms with Gasteiger partial charge in [0.25, 0.3) is 5.91 Å². The summed E-state index contributed by atoms with van der Waals surface area (Å²) in [6.45, 7) is 0. The zero-order chi connectivity index (χ0) is 15.6. The van der Waals surface area contributed by atoms with Gasteiger partial charge in [-0.05, 0) is 52.9 Å². The van der Waals surface area contributed by atoms with Crippen molar-refractivity contribution in [1.82, 2.24) is 5.43 Å². The number of hydrogen-bond donors (Lipinski definition) is 2. The second kappa shape index (κ2) is 6.52. The van der Waals surface area contributed by atoms with Gasteiger partial charge in [-0.15, -0.1) is 0 Å². The number of amides is 1. The molecule has 0 unspecified atom stereocenters. The van der Waals surface area contributed by atoms with Crippen LogP contribution in [0.1, 0.15) is 10.4 Å². The topological polar surface area (TPSA) is 41.1 Å². The van der Waals surface area contributed by atoms with Crippen LogP contribution in [0.4, 0.5) is 18.9 Å².